The van der Waals surface area contributed by atoms with Crippen LogP contribution in [0, 0.1) is 6.92 Å². The SMILES string of the molecule is COc1ccc2[nH]c(C)c(CC(=O)Nc3ccc(OC(C)C)cc3)c2c1. The van der Waals surface area contributed by atoms with Gasteiger partial charge in [-0.05, 0) is 68.8 Å². The average molecular weight is 352 g/mol. The van der Waals surface area contributed by atoms with Crippen molar-refractivity contribution in [3.8, 4) is 11.5 Å². The van der Waals surface area contributed by atoms with E-state index >= 15 is 0 Å². The number of ether oxygens (including phenoxy) is 2. The van der Waals surface area contributed by atoms with Gasteiger partial charge in [-0.2, -0.15) is 0 Å². The number of methoxy groups -OCH3 is 1. The standard InChI is InChI=1S/C21H24N2O3/c1-13(2)26-16-7-5-15(6-8-16)23-21(24)12-18-14(3)22-20-10-9-17(25-4)11-19(18)20/h5-11,13,22H,12H2,1-4H3,(H,23,24). The minimum absolute atomic E-state index is 0.0608. The minimum atomic E-state index is -0.0608. The van der Waals surface area contributed by atoms with Gasteiger partial charge in [0.15, 0.2) is 0 Å². The lowest BCUT2D eigenvalue weighted by Crippen LogP contribution is -2.14. The van der Waals surface area contributed by atoms with Crippen molar-refractivity contribution in [3.05, 3.63) is 53.7 Å². The number of anilines is 1. The van der Waals surface area contributed by atoms with Crippen molar-refractivity contribution < 1.29 is 14.3 Å². The van der Waals surface area contributed by atoms with Gasteiger partial charge in [0.2, 0.25) is 5.91 Å². The summed E-state index contributed by atoms with van der Waals surface area (Å²) >= 11 is 0. The molecule has 3 rings (SSSR count). The second-order valence-electron chi connectivity index (χ2n) is 6.56. The molecular formula is C21H24N2O3. The zero-order chi connectivity index (χ0) is 18.7. The van der Waals surface area contributed by atoms with Crippen LogP contribution in [0.5, 0.6) is 11.5 Å². The van der Waals surface area contributed by atoms with E-state index in [0.717, 1.165) is 39.3 Å². The third-order valence-corrected chi connectivity index (χ3v) is 4.17. The quantitative estimate of drug-likeness (QED) is 0.689. The highest BCUT2D eigenvalue weighted by Crippen LogP contribution is 2.27. The Hall–Kier alpha value is -2.95. The number of nitrogens with one attached hydrogen (secondary N) is 2. The Bertz CT molecular complexity index is 911. The fourth-order valence-corrected chi connectivity index (χ4v) is 2.97. The first-order valence-electron chi connectivity index (χ1n) is 8.68. The maximum absolute atomic E-state index is 12.5. The molecule has 2 N–H and O–H groups in total. The molecule has 0 radical (unpaired) electrons. The monoisotopic (exact) mass is 352 g/mol. The highest BCUT2D eigenvalue weighted by atomic mass is 16.5. The van der Waals surface area contributed by atoms with Gasteiger partial charge in [0.05, 0.1) is 19.6 Å². The third-order valence-electron chi connectivity index (χ3n) is 4.17. The highest BCUT2D eigenvalue weighted by Gasteiger charge is 2.13. The molecule has 0 spiro atoms. The number of H-pyrrole nitrogens is 1. The number of fused-ring (bicyclic) bond motifs is 1. The van der Waals surface area contributed by atoms with E-state index < -0.39 is 0 Å². The van der Waals surface area contributed by atoms with Crippen molar-refractivity contribution in [1.82, 2.24) is 4.98 Å². The molecule has 0 fully saturated rings. The van der Waals surface area contributed by atoms with Crippen LogP contribution in [0.2, 0.25) is 0 Å². The topological polar surface area (TPSA) is 63.4 Å². The predicted molar refractivity (Wildman–Crippen MR) is 104 cm³/mol. The Morgan fingerprint density at radius 2 is 1.81 bits per heavy atom. The summed E-state index contributed by atoms with van der Waals surface area (Å²) in [6.07, 6.45) is 0.417. The van der Waals surface area contributed by atoms with Gasteiger partial charge in [-0.1, -0.05) is 0 Å². The third kappa shape index (κ3) is 3.99. The molecule has 0 saturated carbocycles. The van der Waals surface area contributed by atoms with Crippen LogP contribution in [0.1, 0.15) is 25.1 Å². The summed E-state index contributed by atoms with van der Waals surface area (Å²) < 4.78 is 10.9. The van der Waals surface area contributed by atoms with Crippen molar-refractivity contribution in [2.75, 3.05) is 12.4 Å². The molecule has 1 heterocycles. The first kappa shape index (κ1) is 17.9. The number of aromatic amines is 1. The average Bonchev–Trinajstić information content (AvgIpc) is 2.91. The van der Waals surface area contributed by atoms with Gasteiger partial charge in [0.1, 0.15) is 11.5 Å². The molecule has 0 atom stereocenters. The summed E-state index contributed by atoms with van der Waals surface area (Å²) in [6.45, 7) is 5.94. The summed E-state index contributed by atoms with van der Waals surface area (Å²) in [5.41, 5.74) is 3.72. The lowest BCUT2D eigenvalue weighted by atomic mass is 10.1. The molecule has 0 bridgehead atoms. The number of rotatable bonds is 6. The van der Waals surface area contributed by atoms with Crippen LogP contribution in [0.3, 0.4) is 0 Å². The second kappa shape index (κ2) is 7.52. The predicted octanol–water partition coefficient (Wildman–Crippen LogP) is 4.45. The van der Waals surface area contributed by atoms with E-state index in [1.54, 1.807) is 7.11 Å². The highest BCUT2D eigenvalue weighted by molar-refractivity contribution is 5.96. The molecule has 26 heavy (non-hydrogen) atoms. The second-order valence-corrected chi connectivity index (χ2v) is 6.56. The molecule has 0 aliphatic heterocycles. The smallest absolute Gasteiger partial charge is 0.228 e. The molecule has 0 aliphatic rings. The van der Waals surface area contributed by atoms with Crippen LogP contribution in [-0.4, -0.2) is 24.1 Å². The Morgan fingerprint density at radius 1 is 1.12 bits per heavy atom. The van der Waals surface area contributed by atoms with Gasteiger partial charge in [-0.15, -0.1) is 0 Å². The number of amides is 1. The maximum atomic E-state index is 12.5. The van der Waals surface area contributed by atoms with Crippen molar-refractivity contribution in [1.29, 1.82) is 0 Å². The number of aromatic nitrogens is 1. The van der Waals surface area contributed by atoms with Crippen molar-refractivity contribution >= 4 is 22.5 Å². The van der Waals surface area contributed by atoms with Crippen molar-refractivity contribution in [3.63, 3.8) is 0 Å². The maximum Gasteiger partial charge on any atom is 0.228 e. The normalized spacial score (nSPS) is 11.0. The zero-order valence-electron chi connectivity index (χ0n) is 15.6. The zero-order valence-corrected chi connectivity index (χ0v) is 15.6. The summed E-state index contributed by atoms with van der Waals surface area (Å²) in [5.74, 6) is 1.51. The number of carbonyl (C=O) groups excluding carboxylic acids is 1. The van der Waals surface area contributed by atoms with E-state index in [9.17, 15) is 4.79 Å². The van der Waals surface area contributed by atoms with Crippen LogP contribution in [0.15, 0.2) is 42.5 Å². The van der Waals surface area contributed by atoms with Gasteiger partial charge in [0.25, 0.3) is 0 Å². The van der Waals surface area contributed by atoms with E-state index in [1.165, 1.54) is 0 Å². The molecular weight excluding hydrogens is 328 g/mol. The van der Waals surface area contributed by atoms with E-state index in [-0.39, 0.29) is 12.0 Å². The molecule has 0 saturated heterocycles. The van der Waals surface area contributed by atoms with Gasteiger partial charge >= 0.3 is 0 Å². The first-order chi connectivity index (χ1) is 12.5. The minimum Gasteiger partial charge on any atom is -0.497 e. The first-order valence-corrected chi connectivity index (χ1v) is 8.68. The van der Waals surface area contributed by atoms with Crippen molar-refractivity contribution in [2.45, 2.75) is 33.3 Å². The molecule has 3 aromatic rings. The van der Waals surface area contributed by atoms with Gasteiger partial charge in [-0.3, -0.25) is 4.79 Å². The Labute approximate surface area is 153 Å². The number of aryl methyl sites for hydroxylation is 1. The van der Waals surface area contributed by atoms with E-state index in [2.05, 4.69) is 10.3 Å². The van der Waals surface area contributed by atoms with Gasteiger partial charge in [0, 0.05) is 22.3 Å². The molecule has 5 heteroatoms. The summed E-state index contributed by atoms with van der Waals surface area (Å²) in [4.78, 5) is 15.8. The molecule has 0 unspecified atom stereocenters. The summed E-state index contributed by atoms with van der Waals surface area (Å²) in [7, 11) is 1.64. The van der Waals surface area contributed by atoms with Crippen LogP contribution >= 0.6 is 0 Å². The molecule has 2 aromatic carbocycles. The molecule has 0 aliphatic carbocycles. The molecule has 1 amide bonds. The van der Waals surface area contributed by atoms with Crippen molar-refractivity contribution in [2.24, 2.45) is 0 Å². The van der Waals surface area contributed by atoms with Gasteiger partial charge < -0.3 is 19.8 Å². The summed E-state index contributed by atoms with van der Waals surface area (Å²) in [6, 6.07) is 13.2. The van der Waals surface area contributed by atoms with E-state index in [0.29, 0.717) is 6.42 Å². The fourth-order valence-electron chi connectivity index (χ4n) is 2.97. The molecule has 136 valence electrons. The number of benzene rings is 2. The largest absolute Gasteiger partial charge is 0.497 e. The number of hydrogen-bond acceptors (Lipinski definition) is 3. The van der Waals surface area contributed by atoms with Crippen LogP contribution in [0.4, 0.5) is 5.69 Å². The molecule has 5 nitrogen and oxygen atoms in total. The van der Waals surface area contributed by atoms with Gasteiger partial charge in [-0.25, -0.2) is 0 Å². The van der Waals surface area contributed by atoms with Crippen LogP contribution in [-0.2, 0) is 11.2 Å². The van der Waals surface area contributed by atoms with Crippen LogP contribution in [0.25, 0.3) is 10.9 Å². The van der Waals surface area contributed by atoms with Crippen LogP contribution < -0.4 is 14.8 Å². The summed E-state index contributed by atoms with van der Waals surface area (Å²) in [5, 5.41) is 3.95. The Morgan fingerprint density at radius 3 is 2.46 bits per heavy atom. The lowest BCUT2D eigenvalue weighted by Gasteiger charge is -2.11. The van der Waals surface area contributed by atoms with E-state index in [1.807, 2.05) is 63.2 Å². The Kier molecular flexibility index (Phi) is 5.16. The lowest BCUT2D eigenvalue weighted by molar-refractivity contribution is -0.115. The fraction of sp³-hybridized carbons (Fsp3) is 0.286. The molecule has 1 aromatic heterocycles. The van der Waals surface area contributed by atoms with E-state index in [4.69, 9.17) is 9.47 Å². The Balaban J connectivity index is 1.74. The number of hydrogen-bond donors (Lipinski definition) is 2. The number of carbonyl (C=O) groups is 1.